The van der Waals surface area contributed by atoms with E-state index in [4.69, 9.17) is 11.6 Å². The van der Waals surface area contributed by atoms with Crippen LogP contribution in [0.3, 0.4) is 0 Å². The molecule has 112 valence electrons. The summed E-state index contributed by atoms with van der Waals surface area (Å²) in [7, 11) is 0. The molecule has 0 saturated carbocycles. The minimum absolute atomic E-state index is 0.572. The monoisotopic (exact) mass is 315 g/mol. The van der Waals surface area contributed by atoms with Crippen LogP contribution in [-0.4, -0.2) is 44.4 Å². The SMILES string of the molecule is Clc1cnccc1NCC1CN(c2ccc3nncn3n2)C1. The van der Waals surface area contributed by atoms with E-state index in [1.165, 1.54) is 0 Å². The van der Waals surface area contributed by atoms with Crippen molar-refractivity contribution >= 4 is 28.8 Å². The first-order valence-electron chi connectivity index (χ1n) is 7.05. The van der Waals surface area contributed by atoms with Gasteiger partial charge in [-0.25, -0.2) is 0 Å². The second-order valence-electron chi connectivity index (χ2n) is 5.33. The molecule has 4 heterocycles. The topological polar surface area (TPSA) is 71.2 Å². The number of rotatable bonds is 4. The third-order valence-corrected chi connectivity index (χ3v) is 4.08. The Labute approximate surface area is 131 Å². The first kappa shape index (κ1) is 13.3. The van der Waals surface area contributed by atoms with Crippen LogP contribution < -0.4 is 10.2 Å². The summed E-state index contributed by atoms with van der Waals surface area (Å²) < 4.78 is 1.69. The highest BCUT2D eigenvalue weighted by Gasteiger charge is 2.27. The van der Waals surface area contributed by atoms with Crippen LogP contribution in [0, 0.1) is 5.92 Å². The van der Waals surface area contributed by atoms with Gasteiger partial charge in [-0.2, -0.15) is 4.52 Å². The zero-order valence-corrected chi connectivity index (χ0v) is 12.5. The number of anilines is 2. The van der Waals surface area contributed by atoms with Gasteiger partial charge in [0.05, 0.1) is 10.7 Å². The molecule has 1 fully saturated rings. The molecule has 3 aromatic rings. The summed E-state index contributed by atoms with van der Waals surface area (Å²) in [6.07, 6.45) is 5.00. The average Bonchev–Trinajstić information content (AvgIpc) is 2.95. The Morgan fingerprint density at radius 2 is 2.18 bits per heavy atom. The van der Waals surface area contributed by atoms with Crippen LogP contribution in [0.5, 0.6) is 0 Å². The van der Waals surface area contributed by atoms with Crippen molar-refractivity contribution in [1.82, 2.24) is 24.8 Å². The zero-order valence-electron chi connectivity index (χ0n) is 11.7. The summed E-state index contributed by atoms with van der Waals surface area (Å²) in [5, 5.41) is 16.3. The van der Waals surface area contributed by atoms with Crippen molar-refractivity contribution in [3.05, 3.63) is 41.9 Å². The summed E-state index contributed by atoms with van der Waals surface area (Å²) in [6, 6.07) is 5.80. The van der Waals surface area contributed by atoms with E-state index in [2.05, 4.69) is 30.5 Å². The van der Waals surface area contributed by atoms with E-state index in [0.29, 0.717) is 10.9 Å². The minimum Gasteiger partial charge on any atom is -0.383 e. The molecule has 1 aliphatic heterocycles. The maximum absolute atomic E-state index is 6.08. The van der Waals surface area contributed by atoms with E-state index in [-0.39, 0.29) is 0 Å². The van der Waals surface area contributed by atoms with Gasteiger partial charge in [0.2, 0.25) is 0 Å². The van der Waals surface area contributed by atoms with Crippen LogP contribution in [0.15, 0.2) is 36.9 Å². The van der Waals surface area contributed by atoms with Gasteiger partial charge in [-0.05, 0) is 18.2 Å². The number of hydrogen-bond donors (Lipinski definition) is 1. The quantitative estimate of drug-likeness (QED) is 0.790. The zero-order chi connectivity index (χ0) is 14.9. The van der Waals surface area contributed by atoms with Gasteiger partial charge in [0.25, 0.3) is 0 Å². The van der Waals surface area contributed by atoms with Crippen molar-refractivity contribution < 1.29 is 0 Å². The lowest BCUT2D eigenvalue weighted by Gasteiger charge is -2.40. The van der Waals surface area contributed by atoms with Crippen molar-refractivity contribution in [3.63, 3.8) is 0 Å². The van der Waals surface area contributed by atoms with Gasteiger partial charge in [-0.3, -0.25) is 4.98 Å². The maximum Gasteiger partial charge on any atom is 0.177 e. The van der Waals surface area contributed by atoms with E-state index in [0.717, 1.165) is 36.8 Å². The third kappa shape index (κ3) is 2.43. The Bertz CT molecular complexity index is 796. The fourth-order valence-corrected chi connectivity index (χ4v) is 2.73. The lowest BCUT2D eigenvalue weighted by molar-refractivity contribution is 0.425. The molecule has 0 spiro atoms. The maximum atomic E-state index is 6.08. The molecule has 7 nitrogen and oxygen atoms in total. The van der Waals surface area contributed by atoms with Gasteiger partial charge in [0.1, 0.15) is 12.1 Å². The molecule has 4 rings (SSSR count). The van der Waals surface area contributed by atoms with Crippen LogP contribution in [0.1, 0.15) is 0 Å². The number of aromatic nitrogens is 5. The minimum atomic E-state index is 0.572. The predicted molar refractivity (Wildman–Crippen MR) is 84.2 cm³/mol. The van der Waals surface area contributed by atoms with Gasteiger partial charge >= 0.3 is 0 Å². The highest BCUT2D eigenvalue weighted by Crippen LogP contribution is 2.24. The van der Waals surface area contributed by atoms with Crippen LogP contribution in [0.25, 0.3) is 5.65 Å². The summed E-state index contributed by atoms with van der Waals surface area (Å²) in [4.78, 5) is 6.21. The molecule has 0 aromatic carbocycles. The van der Waals surface area contributed by atoms with E-state index < -0.39 is 0 Å². The van der Waals surface area contributed by atoms with Crippen molar-refractivity contribution in [1.29, 1.82) is 0 Å². The van der Waals surface area contributed by atoms with Crippen molar-refractivity contribution in [2.45, 2.75) is 0 Å². The average molecular weight is 316 g/mol. The summed E-state index contributed by atoms with van der Waals surface area (Å²) >= 11 is 6.08. The number of nitrogens with one attached hydrogen (secondary N) is 1. The molecule has 22 heavy (non-hydrogen) atoms. The number of pyridine rings is 1. The molecule has 0 amide bonds. The fraction of sp³-hybridized carbons (Fsp3) is 0.286. The van der Waals surface area contributed by atoms with E-state index in [1.807, 2.05) is 18.2 Å². The first-order chi connectivity index (χ1) is 10.8. The number of halogens is 1. The Morgan fingerprint density at radius 3 is 3.05 bits per heavy atom. The molecular weight excluding hydrogens is 302 g/mol. The molecule has 3 aromatic heterocycles. The predicted octanol–water partition coefficient (Wildman–Crippen LogP) is 1.72. The highest BCUT2D eigenvalue weighted by molar-refractivity contribution is 6.33. The summed E-state index contributed by atoms with van der Waals surface area (Å²) in [5.41, 5.74) is 1.69. The van der Waals surface area contributed by atoms with Crippen molar-refractivity contribution in [3.8, 4) is 0 Å². The smallest absolute Gasteiger partial charge is 0.177 e. The molecule has 1 saturated heterocycles. The molecule has 1 N–H and O–H groups in total. The molecule has 8 heteroatoms. The number of fused-ring (bicyclic) bond motifs is 1. The van der Waals surface area contributed by atoms with Crippen LogP contribution >= 0.6 is 11.6 Å². The Kier molecular flexibility index (Phi) is 3.27. The lowest BCUT2D eigenvalue weighted by atomic mass is 10.0. The Hall–Kier alpha value is -2.41. The highest BCUT2D eigenvalue weighted by atomic mass is 35.5. The van der Waals surface area contributed by atoms with Gasteiger partial charge in [-0.15, -0.1) is 15.3 Å². The lowest BCUT2D eigenvalue weighted by Crippen LogP contribution is -2.50. The number of nitrogens with zero attached hydrogens (tertiary/aromatic N) is 6. The Morgan fingerprint density at radius 1 is 1.27 bits per heavy atom. The summed E-state index contributed by atoms with van der Waals surface area (Å²) in [5.74, 6) is 1.52. The summed E-state index contributed by atoms with van der Waals surface area (Å²) in [6.45, 7) is 2.82. The Balaban J connectivity index is 1.35. The van der Waals surface area contributed by atoms with E-state index in [1.54, 1.807) is 23.2 Å². The molecule has 0 unspecified atom stereocenters. The number of hydrogen-bond acceptors (Lipinski definition) is 6. The fourth-order valence-electron chi connectivity index (χ4n) is 2.55. The van der Waals surface area contributed by atoms with Gasteiger partial charge in [-0.1, -0.05) is 11.6 Å². The van der Waals surface area contributed by atoms with Crippen molar-refractivity contribution in [2.24, 2.45) is 5.92 Å². The van der Waals surface area contributed by atoms with Crippen LogP contribution in [-0.2, 0) is 0 Å². The van der Waals surface area contributed by atoms with Gasteiger partial charge in [0.15, 0.2) is 5.65 Å². The molecule has 0 aliphatic carbocycles. The normalized spacial score (nSPS) is 15.0. The molecular formula is C14H14ClN7. The van der Waals surface area contributed by atoms with Gasteiger partial charge in [0, 0.05) is 37.9 Å². The molecule has 0 radical (unpaired) electrons. The van der Waals surface area contributed by atoms with Gasteiger partial charge < -0.3 is 10.2 Å². The third-order valence-electron chi connectivity index (χ3n) is 3.78. The van der Waals surface area contributed by atoms with Crippen molar-refractivity contribution in [2.75, 3.05) is 29.9 Å². The van der Waals surface area contributed by atoms with Crippen LogP contribution in [0.4, 0.5) is 11.5 Å². The molecule has 0 bridgehead atoms. The molecule has 1 aliphatic rings. The standard InChI is InChI=1S/C14H14ClN7/c15-11-6-16-4-3-12(11)17-5-10-7-21(8-10)14-2-1-13-19-18-9-22(13)20-14/h1-4,6,9-10H,5,7-8H2,(H,16,17). The van der Waals surface area contributed by atoms with E-state index in [9.17, 15) is 0 Å². The second kappa shape index (κ2) is 5.42. The first-order valence-corrected chi connectivity index (χ1v) is 7.43. The molecule has 0 atom stereocenters. The largest absolute Gasteiger partial charge is 0.383 e. The second-order valence-corrected chi connectivity index (χ2v) is 5.74. The van der Waals surface area contributed by atoms with Crippen LogP contribution in [0.2, 0.25) is 5.02 Å². The van der Waals surface area contributed by atoms with E-state index >= 15 is 0 Å².